The lowest BCUT2D eigenvalue weighted by Crippen LogP contribution is -2.28. The Morgan fingerprint density at radius 3 is 0.832 bits per heavy atom. The second kappa shape index (κ2) is 34.5. The number of benzene rings is 14. The molecule has 10 bridgehead atoms. The lowest BCUT2D eigenvalue weighted by Gasteiger charge is -2.35. The third-order valence-electron chi connectivity index (χ3n) is 39.3. The van der Waals surface area contributed by atoms with E-state index in [1.165, 1.54) is 310 Å². The van der Waals surface area contributed by atoms with Crippen LogP contribution in [0.1, 0.15) is 313 Å². The van der Waals surface area contributed by atoms with Crippen LogP contribution in [0, 0.1) is 59.2 Å². The second-order valence-corrected chi connectivity index (χ2v) is 46.5. The molecular weight excluding hydrogens is 1650 g/mol. The van der Waals surface area contributed by atoms with E-state index in [1.54, 1.807) is 38.9 Å². The smallest absolute Gasteiger partial charge is 0.0714 e. The van der Waals surface area contributed by atoms with Gasteiger partial charge in [-0.3, -0.25) is 0 Å². The van der Waals surface area contributed by atoms with Gasteiger partial charge in [-0.1, -0.05) is 303 Å². The number of hydrogen-bond acceptors (Lipinski definition) is 3. The van der Waals surface area contributed by atoms with Gasteiger partial charge in [-0.05, 0) is 437 Å². The van der Waals surface area contributed by atoms with E-state index >= 15 is 0 Å². The highest BCUT2D eigenvalue weighted by Crippen LogP contribution is 2.64. The molecule has 12 fully saturated rings. The maximum Gasteiger partial charge on any atom is 0.0714 e. The zero-order chi connectivity index (χ0) is 90.6. The summed E-state index contributed by atoms with van der Waals surface area (Å²) in [6.07, 6.45) is 40.7. The molecule has 15 unspecified atom stereocenters. The zero-order valence-electron chi connectivity index (χ0n) is 80.8. The van der Waals surface area contributed by atoms with Gasteiger partial charge in [0.25, 0.3) is 0 Å². The van der Waals surface area contributed by atoms with Crippen LogP contribution in [0.4, 0.5) is 51.2 Å². The molecule has 12 saturated carbocycles. The lowest BCUT2D eigenvalue weighted by molar-refractivity contribution is 0.420. The molecular formula is C134H135N3. The number of rotatable bonds is 17. The van der Waals surface area contributed by atoms with Crippen LogP contribution in [-0.4, -0.2) is 0 Å². The predicted molar refractivity (Wildman–Crippen MR) is 570 cm³/mol. The first kappa shape index (κ1) is 84.7. The molecule has 0 amide bonds. The van der Waals surface area contributed by atoms with Crippen molar-refractivity contribution in [2.75, 3.05) is 14.7 Å². The Hall–Kier alpha value is -11.5. The average molecular weight is 1790 g/mol. The van der Waals surface area contributed by atoms with E-state index in [0.717, 1.165) is 94.7 Å². The fourth-order valence-corrected chi connectivity index (χ4v) is 32.8. The van der Waals surface area contributed by atoms with E-state index in [1.807, 2.05) is 0 Å². The normalized spacial score (nSPS) is 26.9. The number of nitrogens with zero attached hydrogens (tertiary/aromatic N) is 3. The van der Waals surface area contributed by atoms with Crippen molar-refractivity contribution in [1.82, 2.24) is 0 Å². The highest BCUT2D eigenvalue weighted by Gasteiger charge is 2.51. The predicted octanol–water partition coefficient (Wildman–Crippen LogP) is 36.5. The van der Waals surface area contributed by atoms with E-state index in [-0.39, 0.29) is 10.8 Å². The van der Waals surface area contributed by atoms with E-state index in [9.17, 15) is 0 Å². The van der Waals surface area contributed by atoms with Crippen LogP contribution in [0.2, 0.25) is 0 Å². The van der Waals surface area contributed by atoms with Gasteiger partial charge in [0.05, 0.1) is 5.41 Å². The summed E-state index contributed by atoms with van der Waals surface area (Å²) >= 11 is 0. The summed E-state index contributed by atoms with van der Waals surface area (Å²) in [5.41, 5.74) is 40.1. The molecule has 1 spiro atoms. The quantitative estimate of drug-likeness (QED) is 0.0900. The molecule has 14 aromatic carbocycles. The summed E-state index contributed by atoms with van der Waals surface area (Å²) in [6, 6.07) is 130. The summed E-state index contributed by atoms with van der Waals surface area (Å²) in [5.74, 6) is 13.9. The molecule has 29 rings (SSSR count). The standard InChI is InChI=1S/C51H47N.C42H45N.C41H43N/c1-3-9-40(10-4-1)51(41-11-5-2-6-12-41)49-14-8-7-13-45(49)46-28-27-44(33-50(46)51)52(42-23-19-36(20-24-42)47-31-34-15-17-38(47)29-34)43-25-21-37(22-26-43)48-32-35-16-18-39(48)30-35;1-2-8-30(9-3-1)31-14-18-34(19-15-31)43(35-20-16-32(17-21-35)39-27-29-12-13-33(39)26-29)36-22-23-38-37-10-4-5-11-40(37)42(41(38)28-36)24-6-7-25-42;1-41(2)39-6-4-3-5-35(39)36-20-19-34(25-40(36)41)42(32-15-11-28(12-16-32)37-23-26-7-9-30(37)21-26)33-17-13-29(14-18-33)38-24-27-8-10-31(38)22-27/h1-14,19-28,33-35,38-39,47-48H,15-18,29-32H2;4-5,10-11,14-23,28-30,33,39H,1-3,6-9,12-13,24-27H2;3-6,11-20,25-27,30-31,37-38H,7-10,21-24H2,1-2H3. The van der Waals surface area contributed by atoms with Crippen molar-refractivity contribution in [2.45, 2.75) is 252 Å². The van der Waals surface area contributed by atoms with Crippen molar-refractivity contribution < 1.29 is 0 Å². The number of anilines is 9. The average Bonchev–Trinajstić information content (AvgIpc) is 1.53. The van der Waals surface area contributed by atoms with Crippen LogP contribution in [0.25, 0.3) is 33.4 Å². The summed E-state index contributed by atoms with van der Waals surface area (Å²) in [7, 11) is 0. The van der Waals surface area contributed by atoms with E-state index < -0.39 is 5.41 Å². The highest BCUT2D eigenvalue weighted by atomic mass is 15.2. The first-order valence-electron chi connectivity index (χ1n) is 54.4. The summed E-state index contributed by atoms with van der Waals surface area (Å²) in [6.45, 7) is 4.78. The monoisotopic (exact) mass is 1790 g/mol. The van der Waals surface area contributed by atoms with Crippen LogP contribution < -0.4 is 14.7 Å². The van der Waals surface area contributed by atoms with Crippen LogP contribution in [-0.2, 0) is 16.2 Å². The summed E-state index contributed by atoms with van der Waals surface area (Å²) in [5, 5.41) is 0. The van der Waals surface area contributed by atoms with Crippen molar-refractivity contribution >= 4 is 51.2 Å². The lowest BCUT2D eigenvalue weighted by atomic mass is 9.67. The van der Waals surface area contributed by atoms with Gasteiger partial charge < -0.3 is 14.7 Å². The Bertz CT molecular complexity index is 6610. The molecule has 15 aliphatic rings. The van der Waals surface area contributed by atoms with Gasteiger partial charge in [-0.15, -0.1) is 0 Å². The Balaban J connectivity index is 0.000000105. The third-order valence-corrected chi connectivity index (χ3v) is 39.3. The van der Waals surface area contributed by atoms with E-state index in [0.29, 0.717) is 0 Å². The Kier molecular flexibility index (Phi) is 21.4. The van der Waals surface area contributed by atoms with Gasteiger partial charge in [-0.2, -0.15) is 0 Å². The molecule has 0 heterocycles. The van der Waals surface area contributed by atoms with Crippen molar-refractivity contribution in [3.05, 3.63) is 412 Å². The van der Waals surface area contributed by atoms with E-state index in [4.69, 9.17) is 0 Å². The highest BCUT2D eigenvalue weighted by molar-refractivity contribution is 5.92. The third kappa shape index (κ3) is 14.5. The maximum absolute atomic E-state index is 2.57. The Labute approximate surface area is 816 Å². The SMILES string of the molecule is CC1(C)c2ccccc2-c2ccc(N(c3ccc(C4CC5CCC4C5)cc3)c3ccc(C4CC5CCC4C5)cc3)cc21.c1ccc(C2(c3ccccc3)c3ccccc3-c3ccc(N(c4ccc(C5CC6CCC5C6)cc4)c4ccc(C5CC6CCC5C6)cc4)cc32)cc1.c1ccc2c(c1)-c1ccc(N(c3ccc(C4CCCCC4)cc3)c3ccc(C4CC5CCC4C5)cc3)cc1C21CCCC1. The van der Waals surface area contributed by atoms with Gasteiger partial charge >= 0.3 is 0 Å². The minimum absolute atomic E-state index is 0.00903. The molecule has 0 saturated heterocycles. The van der Waals surface area contributed by atoms with Gasteiger partial charge in [-0.25, -0.2) is 0 Å². The summed E-state index contributed by atoms with van der Waals surface area (Å²) < 4.78 is 0. The van der Waals surface area contributed by atoms with Crippen LogP contribution >= 0.6 is 0 Å². The topological polar surface area (TPSA) is 9.72 Å². The summed E-state index contributed by atoms with van der Waals surface area (Å²) in [4.78, 5) is 7.58. The van der Waals surface area contributed by atoms with Crippen molar-refractivity contribution in [1.29, 1.82) is 0 Å². The molecule has 137 heavy (non-hydrogen) atoms. The van der Waals surface area contributed by atoms with Gasteiger partial charge in [0.15, 0.2) is 0 Å². The largest absolute Gasteiger partial charge is 0.310 e. The fraction of sp³-hybridized carbons (Fsp3) is 0.373. The van der Waals surface area contributed by atoms with Crippen LogP contribution in [0.5, 0.6) is 0 Å². The fourth-order valence-electron chi connectivity index (χ4n) is 32.8. The maximum atomic E-state index is 2.57. The van der Waals surface area contributed by atoms with E-state index in [2.05, 4.69) is 362 Å². The molecule has 0 N–H and O–H groups in total. The van der Waals surface area contributed by atoms with Crippen LogP contribution in [0.3, 0.4) is 0 Å². The molecule has 686 valence electrons. The minimum Gasteiger partial charge on any atom is -0.310 e. The van der Waals surface area contributed by atoms with Gasteiger partial charge in [0.2, 0.25) is 0 Å². The van der Waals surface area contributed by atoms with Gasteiger partial charge in [0.1, 0.15) is 0 Å². The Morgan fingerprint density at radius 2 is 0.482 bits per heavy atom. The second-order valence-electron chi connectivity index (χ2n) is 46.5. The number of hydrogen-bond donors (Lipinski definition) is 0. The molecule has 15 aliphatic carbocycles. The van der Waals surface area contributed by atoms with Gasteiger partial charge in [0, 0.05) is 62.0 Å². The molecule has 14 aromatic rings. The van der Waals surface area contributed by atoms with Crippen LogP contribution in [0.15, 0.2) is 334 Å². The minimum atomic E-state index is -0.423. The first-order chi connectivity index (χ1) is 67.5. The molecule has 3 nitrogen and oxygen atoms in total. The van der Waals surface area contributed by atoms with Crippen molar-refractivity contribution in [3.8, 4) is 33.4 Å². The van der Waals surface area contributed by atoms with Crippen molar-refractivity contribution in [3.63, 3.8) is 0 Å². The molecule has 0 aromatic heterocycles. The molecule has 0 radical (unpaired) electrons. The number of fused-ring (bicyclic) bond motifs is 21. The Morgan fingerprint density at radius 1 is 0.204 bits per heavy atom. The molecule has 0 aliphatic heterocycles. The zero-order valence-corrected chi connectivity index (χ0v) is 80.8. The molecule has 15 atom stereocenters. The van der Waals surface area contributed by atoms with Crippen molar-refractivity contribution in [2.24, 2.45) is 59.2 Å². The first-order valence-corrected chi connectivity index (χ1v) is 54.4. The molecule has 3 heteroatoms.